The lowest BCUT2D eigenvalue weighted by Gasteiger charge is -2.07. The van der Waals surface area contributed by atoms with Crippen LogP contribution in [0.15, 0.2) is 18.2 Å². The van der Waals surface area contributed by atoms with E-state index in [2.05, 4.69) is 0 Å². The monoisotopic (exact) mass is 223 g/mol. The van der Waals surface area contributed by atoms with Gasteiger partial charge in [0.2, 0.25) is 0 Å². The average molecular weight is 224 g/mol. The van der Waals surface area contributed by atoms with E-state index < -0.39 is 5.97 Å². The Balaban J connectivity index is 3.11. The summed E-state index contributed by atoms with van der Waals surface area (Å²) in [4.78, 5) is 11.5. The number of benzene rings is 1. The summed E-state index contributed by atoms with van der Waals surface area (Å²) in [7, 11) is 0. The SMILES string of the molecule is CCOC(=O)c1cccc(Cl)c1CC#N. The second-order valence-corrected chi connectivity index (χ2v) is 3.23. The van der Waals surface area contributed by atoms with Gasteiger partial charge in [-0.25, -0.2) is 4.79 Å². The standard InChI is InChI=1S/C11H10ClNO2/c1-2-15-11(14)9-4-3-5-10(12)8(9)6-7-13/h3-5H,2,6H2,1H3. The number of halogens is 1. The predicted octanol–water partition coefficient (Wildman–Crippen LogP) is 2.58. The van der Waals surface area contributed by atoms with Gasteiger partial charge in [0.05, 0.1) is 24.7 Å². The largest absolute Gasteiger partial charge is 0.462 e. The van der Waals surface area contributed by atoms with Gasteiger partial charge in [0.25, 0.3) is 0 Å². The first-order chi connectivity index (χ1) is 7.20. The number of ether oxygens (including phenoxy) is 1. The van der Waals surface area contributed by atoms with Crippen LogP contribution in [0.4, 0.5) is 0 Å². The molecule has 1 aromatic carbocycles. The first-order valence-electron chi connectivity index (χ1n) is 4.52. The molecular weight excluding hydrogens is 214 g/mol. The van der Waals surface area contributed by atoms with Gasteiger partial charge in [-0.3, -0.25) is 0 Å². The van der Waals surface area contributed by atoms with E-state index in [1.54, 1.807) is 25.1 Å². The van der Waals surface area contributed by atoms with Crippen molar-refractivity contribution >= 4 is 17.6 Å². The van der Waals surface area contributed by atoms with Crippen molar-refractivity contribution in [3.8, 4) is 6.07 Å². The number of hydrogen-bond donors (Lipinski definition) is 0. The van der Waals surface area contributed by atoms with Crippen LogP contribution in [0.3, 0.4) is 0 Å². The first-order valence-corrected chi connectivity index (χ1v) is 4.90. The van der Waals surface area contributed by atoms with Crippen molar-refractivity contribution in [2.75, 3.05) is 6.61 Å². The van der Waals surface area contributed by atoms with Crippen LogP contribution >= 0.6 is 11.6 Å². The summed E-state index contributed by atoms with van der Waals surface area (Å²) in [5, 5.41) is 9.04. The minimum absolute atomic E-state index is 0.105. The smallest absolute Gasteiger partial charge is 0.338 e. The van der Waals surface area contributed by atoms with E-state index in [0.29, 0.717) is 22.8 Å². The fraction of sp³-hybridized carbons (Fsp3) is 0.273. The molecule has 0 saturated heterocycles. The van der Waals surface area contributed by atoms with Gasteiger partial charge in [-0.1, -0.05) is 17.7 Å². The van der Waals surface area contributed by atoms with Gasteiger partial charge < -0.3 is 4.74 Å². The highest BCUT2D eigenvalue weighted by atomic mass is 35.5. The third-order valence-electron chi connectivity index (χ3n) is 1.87. The number of nitrogens with zero attached hydrogens (tertiary/aromatic N) is 1. The summed E-state index contributed by atoms with van der Waals surface area (Å²) in [5.74, 6) is -0.440. The number of rotatable bonds is 3. The van der Waals surface area contributed by atoms with E-state index in [1.165, 1.54) is 0 Å². The summed E-state index contributed by atoms with van der Waals surface area (Å²) in [6.07, 6.45) is 0.105. The van der Waals surface area contributed by atoms with Crippen LogP contribution in [-0.2, 0) is 11.2 Å². The topological polar surface area (TPSA) is 50.1 Å². The molecule has 15 heavy (non-hydrogen) atoms. The normalized spacial score (nSPS) is 9.40. The number of hydrogen-bond acceptors (Lipinski definition) is 3. The zero-order valence-corrected chi connectivity index (χ0v) is 9.04. The van der Waals surface area contributed by atoms with Gasteiger partial charge in [0.1, 0.15) is 0 Å². The highest BCUT2D eigenvalue weighted by Crippen LogP contribution is 2.21. The molecule has 0 amide bonds. The molecule has 1 rings (SSSR count). The number of carbonyl (C=O) groups is 1. The summed E-state index contributed by atoms with van der Waals surface area (Å²) in [6.45, 7) is 2.03. The van der Waals surface area contributed by atoms with E-state index in [4.69, 9.17) is 21.6 Å². The third kappa shape index (κ3) is 2.71. The van der Waals surface area contributed by atoms with E-state index in [-0.39, 0.29) is 6.42 Å². The molecule has 4 heteroatoms. The molecule has 0 unspecified atom stereocenters. The molecule has 0 bridgehead atoms. The van der Waals surface area contributed by atoms with E-state index >= 15 is 0 Å². The molecule has 0 N–H and O–H groups in total. The second-order valence-electron chi connectivity index (χ2n) is 2.82. The van der Waals surface area contributed by atoms with Gasteiger partial charge in [-0.15, -0.1) is 0 Å². The van der Waals surface area contributed by atoms with Crippen LogP contribution in [-0.4, -0.2) is 12.6 Å². The lowest BCUT2D eigenvalue weighted by atomic mass is 10.1. The molecule has 0 atom stereocenters. The van der Waals surface area contributed by atoms with Crippen LogP contribution in [0.1, 0.15) is 22.8 Å². The highest BCUT2D eigenvalue weighted by molar-refractivity contribution is 6.31. The Morgan fingerprint density at radius 3 is 2.93 bits per heavy atom. The van der Waals surface area contributed by atoms with Gasteiger partial charge in [0.15, 0.2) is 0 Å². The molecule has 0 radical (unpaired) electrons. The molecule has 3 nitrogen and oxygen atoms in total. The Bertz CT molecular complexity index is 410. The number of carbonyl (C=O) groups excluding carboxylic acids is 1. The molecule has 0 aromatic heterocycles. The van der Waals surface area contributed by atoms with E-state index in [9.17, 15) is 4.79 Å². The van der Waals surface area contributed by atoms with E-state index in [1.807, 2.05) is 6.07 Å². The highest BCUT2D eigenvalue weighted by Gasteiger charge is 2.14. The molecule has 0 fully saturated rings. The minimum atomic E-state index is -0.440. The van der Waals surface area contributed by atoms with Crippen molar-refractivity contribution in [1.82, 2.24) is 0 Å². The maximum absolute atomic E-state index is 11.5. The zero-order chi connectivity index (χ0) is 11.3. The molecule has 0 spiro atoms. The Kier molecular flexibility index (Phi) is 4.14. The average Bonchev–Trinajstić information content (AvgIpc) is 2.21. The van der Waals surface area contributed by atoms with Crippen LogP contribution in [0.5, 0.6) is 0 Å². The molecule has 0 aliphatic carbocycles. The van der Waals surface area contributed by atoms with Crippen molar-refractivity contribution in [3.63, 3.8) is 0 Å². The molecule has 1 aromatic rings. The van der Waals surface area contributed by atoms with Gasteiger partial charge in [-0.2, -0.15) is 5.26 Å². The number of esters is 1. The lowest BCUT2D eigenvalue weighted by Crippen LogP contribution is -2.08. The molecular formula is C11H10ClNO2. The van der Waals surface area contributed by atoms with Gasteiger partial charge in [0, 0.05) is 5.02 Å². The van der Waals surface area contributed by atoms with Crippen LogP contribution in [0, 0.1) is 11.3 Å². The summed E-state index contributed by atoms with van der Waals surface area (Å²) in [6, 6.07) is 6.89. The Hall–Kier alpha value is -1.53. The number of nitriles is 1. The van der Waals surface area contributed by atoms with Crippen molar-refractivity contribution < 1.29 is 9.53 Å². The predicted molar refractivity (Wildman–Crippen MR) is 56.7 cm³/mol. The Morgan fingerprint density at radius 2 is 2.33 bits per heavy atom. The van der Waals surface area contributed by atoms with Crippen LogP contribution in [0.2, 0.25) is 5.02 Å². The molecule has 0 aliphatic heterocycles. The minimum Gasteiger partial charge on any atom is -0.462 e. The van der Waals surface area contributed by atoms with Crippen molar-refractivity contribution in [1.29, 1.82) is 5.26 Å². The summed E-state index contributed by atoms with van der Waals surface area (Å²) >= 11 is 5.89. The second kappa shape index (κ2) is 5.38. The summed E-state index contributed by atoms with van der Waals surface area (Å²) in [5.41, 5.74) is 0.894. The van der Waals surface area contributed by atoms with Crippen LogP contribution < -0.4 is 0 Å². The van der Waals surface area contributed by atoms with Crippen molar-refractivity contribution in [3.05, 3.63) is 34.3 Å². The van der Waals surface area contributed by atoms with Crippen LogP contribution in [0.25, 0.3) is 0 Å². The fourth-order valence-corrected chi connectivity index (χ4v) is 1.46. The Labute approximate surface area is 93.2 Å². The lowest BCUT2D eigenvalue weighted by molar-refractivity contribution is 0.0525. The third-order valence-corrected chi connectivity index (χ3v) is 2.22. The molecule has 0 heterocycles. The fourth-order valence-electron chi connectivity index (χ4n) is 1.22. The van der Waals surface area contributed by atoms with Gasteiger partial charge in [-0.05, 0) is 24.6 Å². The Morgan fingerprint density at radius 1 is 1.60 bits per heavy atom. The quantitative estimate of drug-likeness (QED) is 0.740. The summed E-state index contributed by atoms with van der Waals surface area (Å²) < 4.78 is 4.86. The molecule has 0 aliphatic rings. The van der Waals surface area contributed by atoms with Crippen molar-refractivity contribution in [2.24, 2.45) is 0 Å². The van der Waals surface area contributed by atoms with E-state index in [0.717, 1.165) is 0 Å². The maximum Gasteiger partial charge on any atom is 0.338 e. The molecule has 0 saturated carbocycles. The first kappa shape index (κ1) is 11.5. The zero-order valence-electron chi connectivity index (χ0n) is 8.29. The van der Waals surface area contributed by atoms with Crippen molar-refractivity contribution in [2.45, 2.75) is 13.3 Å². The maximum atomic E-state index is 11.5. The molecule has 78 valence electrons. The van der Waals surface area contributed by atoms with Gasteiger partial charge >= 0.3 is 5.97 Å².